The van der Waals surface area contributed by atoms with Crippen LogP contribution in [0.1, 0.15) is 17.2 Å². The molecule has 3 aromatic rings. The molecule has 1 fully saturated rings. The van der Waals surface area contributed by atoms with Gasteiger partial charge in [-0.2, -0.15) is 0 Å². The molecule has 1 aliphatic rings. The van der Waals surface area contributed by atoms with Crippen LogP contribution in [0.15, 0.2) is 66.5 Å². The van der Waals surface area contributed by atoms with Gasteiger partial charge in [-0.3, -0.25) is 19.5 Å². The minimum Gasteiger partial charge on any atom is -0.507 e. The molecule has 2 heterocycles. The van der Waals surface area contributed by atoms with Crippen molar-refractivity contribution in [1.82, 2.24) is 4.98 Å². The maximum Gasteiger partial charge on any atom is 0.300 e. The monoisotopic (exact) mass is 440 g/mol. The van der Waals surface area contributed by atoms with Crippen molar-refractivity contribution >= 4 is 23.1 Å². The van der Waals surface area contributed by atoms with E-state index in [1.54, 1.807) is 0 Å². The number of rotatable bonds is 4. The molecular weight excluding hydrogens is 425 g/mol. The number of nitrogens with zero attached hydrogens (tertiary/aromatic N) is 2. The number of aromatic nitrogens is 1. The zero-order valence-corrected chi connectivity index (χ0v) is 16.6. The molecule has 1 aromatic heterocycles. The fraction of sp³-hybridized carbons (Fsp3) is 0.0870. The third-order valence-corrected chi connectivity index (χ3v) is 5.03. The Morgan fingerprint density at radius 1 is 1.06 bits per heavy atom. The molecule has 0 saturated carbocycles. The predicted octanol–water partition coefficient (Wildman–Crippen LogP) is 4.13. The van der Waals surface area contributed by atoms with E-state index in [0.29, 0.717) is 0 Å². The number of hydrogen-bond acceptors (Lipinski definition) is 5. The first-order chi connectivity index (χ1) is 15.3. The number of amides is 1. The lowest BCUT2D eigenvalue weighted by Gasteiger charge is -2.25. The molecule has 32 heavy (non-hydrogen) atoms. The zero-order valence-electron chi connectivity index (χ0n) is 16.6. The van der Waals surface area contributed by atoms with Crippen molar-refractivity contribution in [3.63, 3.8) is 0 Å². The smallest absolute Gasteiger partial charge is 0.300 e. The van der Waals surface area contributed by atoms with Gasteiger partial charge in [0.15, 0.2) is 0 Å². The molecule has 0 aliphatic carbocycles. The quantitative estimate of drug-likeness (QED) is 0.375. The normalized spacial score (nSPS) is 17.6. The van der Waals surface area contributed by atoms with E-state index in [1.165, 1.54) is 37.7 Å². The van der Waals surface area contributed by atoms with Crippen LogP contribution in [0, 0.1) is 17.5 Å². The van der Waals surface area contributed by atoms with Crippen LogP contribution in [-0.4, -0.2) is 28.9 Å². The van der Waals surface area contributed by atoms with Crippen LogP contribution in [0.25, 0.3) is 5.76 Å². The summed E-state index contributed by atoms with van der Waals surface area (Å²) in [6.07, 6.45) is 2.75. The summed E-state index contributed by atoms with van der Waals surface area (Å²) in [7, 11) is 1.28. The van der Waals surface area contributed by atoms with E-state index in [2.05, 4.69) is 4.98 Å². The lowest BCUT2D eigenvalue weighted by Crippen LogP contribution is -2.30. The first kappa shape index (κ1) is 21.1. The van der Waals surface area contributed by atoms with Gasteiger partial charge in [0.2, 0.25) is 0 Å². The number of carbonyl (C=O) groups is 2. The van der Waals surface area contributed by atoms with Crippen LogP contribution in [0.4, 0.5) is 18.9 Å². The molecule has 9 heteroatoms. The molecule has 1 amide bonds. The number of Topliss-reactive ketones (excluding diaryl/α,β-unsaturated/α-hetero) is 1. The van der Waals surface area contributed by atoms with Gasteiger partial charge in [-0.15, -0.1) is 0 Å². The van der Waals surface area contributed by atoms with Crippen molar-refractivity contribution in [3.05, 3.63) is 95.1 Å². The number of carbonyl (C=O) groups excluding carboxylic acids is 2. The highest BCUT2D eigenvalue weighted by Gasteiger charge is 2.48. The molecule has 6 nitrogen and oxygen atoms in total. The van der Waals surface area contributed by atoms with E-state index in [4.69, 9.17) is 4.74 Å². The second kappa shape index (κ2) is 8.18. The van der Waals surface area contributed by atoms with E-state index in [1.807, 2.05) is 0 Å². The van der Waals surface area contributed by atoms with E-state index >= 15 is 0 Å². The second-order valence-electron chi connectivity index (χ2n) is 6.90. The molecule has 4 rings (SSSR count). The van der Waals surface area contributed by atoms with E-state index in [-0.39, 0.29) is 16.9 Å². The molecule has 1 unspecified atom stereocenters. The Morgan fingerprint density at radius 2 is 1.78 bits per heavy atom. The van der Waals surface area contributed by atoms with Gasteiger partial charge in [-0.05, 0) is 42.0 Å². The third-order valence-electron chi connectivity index (χ3n) is 5.03. The first-order valence-electron chi connectivity index (χ1n) is 9.33. The molecule has 2 aromatic carbocycles. The summed E-state index contributed by atoms with van der Waals surface area (Å²) in [5, 5.41) is 11.0. The van der Waals surface area contributed by atoms with Gasteiger partial charge < -0.3 is 9.84 Å². The molecule has 1 N–H and O–H groups in total. The van der Waals surface area contributed by atoms with Crippen LogP contribution in [0.3, 0.4) is 0 Å². The lowest BCUT2D eigenvalue weighted by molar-refractivity contribution is -0.132. The van der Waals surface area contributed by atoms with Crippen molar-refractivity contribution < 1.29 is 32.6 Å². The Hall–Kier alpha value is -4.14. The largest absolute Gasteiger partial charge is 0.507 e. The molecule has 0 bridgehead atoms. The van der Waals surface area contributed by atoms with Crippen LogP contribution in [0.2, 0.25) is 0 Å². The fourth-order valence-corrected chi connectivity index (χ4v) is 3.61. The summed E-state index contributed by atoms with van der Waals surface area (Å²) in [5.74, 6) is -5.56. The standard InChI is InChI=1S/C23H15F3N2O4/c1-32-18-7-5-13(24)9-15(18)21(29)19-20(12-3-2-8-27-11-12)28(23(31)22(19)30)17-10-14(25)4-6-16(17)26/h2-11,20,29H,1H3/b21-19+. The molecule has 1 atom stereocenters. The molecule has 0 radical (unpaired) electrons. The molecule has 0 spiro atoms. The van der Waals surface area contributed by atoms with Crippen LogP contribution in [0.5, 0.6) is 5.75 Å². The fourth-order valence-electron chi connectivity index (χ4n) is 3.61. The van der Waals surface area contributed by atoms with E-state index in [9.17, 15) is 27.9 Å². The number of pyridine rings is 1. The summed E-state index contributed by atoms with van der Waals surface area (Å²) in [6.45, 7) is 0. The van der Waals surface area contributed by atoms with Crippen LogP contribution < -0.4 is 9.64 Å². The average molecular weight is 440 g/mol. The second-order valence-corrected chi connectivity index (χ2v) is 6.90. The van der Waals surface area contributed by atoms with Gasteiger partial charge in [0, 0.05) is 18.5 Å². The van der Waals surface area contributed by atoms with Gasteiger partial charge in [-0.1, -0.05) is 6.07 Å². The van der Waals surface area contributed by atoms with Gasteiger partial charge in [0.1, 0.15) is 29.0 Å². The SMILES string of the molecule is COc1ccc(F)cc1/C(O)=C1\C(=O)C(=O)N(c2cc(F)ccc2F)C1c1cccnc1. The van der Waals surface area contributed by atoms with Gasteiger partial charge in [0.05, 0.1) is 30.0 Å². The van der Waals surface area contributed by atoms with E-state index < -0.39 is 52.2 Å². The van der Waals surface area contributed by atoms with Crippen LogP contribution in [-0.2, 0) is 9.59 Å². The maximum atomic E-state index is 14.6. The Kier molecular flexibility index (Phi) is 5.40. The topological polar surface area (TPSA) is 79.7 Å². The number of halogens is 3. The number of anilines is 1. The minimum atomic E-state index is -1.35. The van der Waals surface area contributed by atoms with Crippen molar-refractivity contribution in [1.29, 1.82) is 0 Å². The Balaban J connectivity index is 2.01. The summed E-state index contributed by atoms with van der Waals surface area (Å²) >= 11 is 0. The molecular formula is C23H15F3N2O4. The number of methoxy groups -OCH3 is 1. The molecule has 1 saturated heterocycles. The summed E-state index contributed by atoms with van der Waals surface area (Å²) in [6, 6.07) is 7.39. The number of hydrogen-bond donors (Lipinski definition) is 1. The number of ketones is 1. The lowest BCUT2D eigenvalue weighted by atomic mass is 9.95. The molecule has 1 aliphatic heterocycles. The highest BCUT2D eigenvalue weighted by Crippen LogP contribution is 2.43. The number of ether oxygens (including phenoxy) is 1. The minimum absolute atomic E-state index is 0.0389. The predicted molar refractivity (Wildman–Crippen MR) is 108 cm³/mol. The number of aliphatic hydroxyl groups excluding tert-OH is 1. The third kappa shape index (κ3) is 3.47. The van der Waals surface area contributed by atoms with Gasteiger partial charge in [0.25, 0.3) is 11.7 Å². The van der Waals surface area contributed by atoms with Crippen molar-refractivity contribution in [2.75, 3.05) is 12.0 Å². The summed E-state index contributed by atoms with van der Waals surface area (Å²) < 4.78 is 47.5. The zero-order chi connectivity index (χ0) is 23.0. The number of benzene rings is 2. The Morgan fingerprint density at radius 3 is 2.47 bits per heavy atom. The highest BCUT2D eigenvalue weighted by atomic mass is 19.1. The highest BCUT2D eigenvalue weighted by molar-refractivity contribution is 6.51. The van der Waals surface area contributed by atoms with Crippen LogP contribution >= 0.6 is 0 Å². The average Bonchev–Trinajstić information content (AvgIpc) is 3.06. The van der Waals surface area contributed by atoms with Crippen molar-refractivity contribution in [2.45, 2.75) is 6.04 Å². The molecule has 162 valence electrons. The Bertz CT molecular complexity index is 1260. The van der Waals surface area contributed by atoms with Crippen molar-refractivity contribution in [3.8, 4) is 5.75 Å². The maximum absolute atomic E-state index is 14.6. The van der Waals surface area contributed by atoms with Gasteiger partial charge in [-0.25, -0.2) is 13.2 Å². The summed E-state index contributed by atoms with van der Waals surface area (Å²) in [5.41, 5.74) is -0.881. The summed E-state index contributed by atoms with van der Waals surface area (Å²) in [4.78, 5) is 30.6. The first-order valence-corrected chi connectivity index (χ1v) is 9.33. The van der Waals surface area contributed by atoms with E-state index in [0.717, 1.165) is 35.2 Å². The number of aliphatic hydroxyl groups is 1. The Labute approximate surface area is 180 Å². The van der Waals surface area contributed by atoms with Gasteiger partial charge >= 0.3 is 0 Å². The van der Waals surface area contributed by atoms with Crippen molar-refractivity contribution in [2.24, 2.45) is 0 Å².